The van der Waals surface area contributed by atoms with Crippen molar-refractivity contribution in [1.29, 1.82) is 0 Å². The number of piperazine rings is 1. The zero-order valence-electron chi connectivity index (χ0n) is 22.7. The highest BCUT2D eigenvalue weighted by Gasteiger charge is 2.31. The Bertz CT molecular complexity index is 1340. The molecule has 200 valence electrons. The molecule has 2 aromatic carbocycles. The van der Waals surface area contributed by atoms with Crippen molar-refractivity contribution in [2.24, 2.45) is 0 Å². The van der Waals surface area contributed by atoms with Gasteiger partial charge < -0.3 is 24.7 Å². The van der Waals surface area contributed by atoms with Crippen LogP contribution >= 0.6 is 0 Å². The number of fused-ring (bicyclic) bond motifs is 2. The van der Waals surface area contributed by atoms with Crippen LogP contribution in [0.25, 0.3) is 10.8 Å². The van der Waals surface area contributed by atoms with Crippen molar-refractivity contribution in [3.8, 4) is 5.75 Å². The van der Waals surface area contributed by atoms with E-state index in [1.54, 1.807) is 0 Å². The Kier molecular flexibility index (Phi) is 7.51. The molecule has 3 aromatic rings. The quantitative estimate of drug-likeness (QED) is 0.483. The van der Waals surface area contributed by atoms with Gasteiger partial charge in [0.2, 0.25) is 5.91 Å². The predicted octanol–water partition coefficient (Wildman–Crippen LogP) is 3.62. The zero-order valence-corrected chi connectivity index (χ0v) is 22.7. The molecule has 0 bridgehead atoms. The third-order valence-electron chi connectivity index (χ3n) is 7.65. The van der Waals surface area contributed by atoms with Crippen LogP contribution in [0.3, 0.4) is 0 Å². The monoisotopic (exact) mass is 514 g/mol. The van der Waals surface area contributed by atoms with E-state index in [0.29, 0.717) is 13.1 Å². The molecular weight excluding hydrogens is 476 g/mol. The fourth-order valence-electron chi connectivity index (χ4n) is 5.72. The first-order chi connectivity index (χ1) is 18.3. The summed E-state index contributed by atoms with van der Waals surface area (Å²) in [6, 6.07) is 12.0. The molecule has 2 aliphatic heterocycles. The summed E-state index contributed by atoms with van der Waals surface area (Å²) < 4.78 is 0. The number of phenolic OH excluding ortho intramolecular Hbond substituents is 1. The van der Waals surface area contributed by atoms with Crippen LogP contribution in [0.15, 0.2) is 49.1 Å². The van der Waals surface area contributed by atoms with Crippen LogP contribution in [-0.2, 0) is 24.2 Å². The number of phenols is 1. The fourth-order valence-corrected chi connectivity index (χ4v) is 5.72. The molecule has 8 nitrogen and oxygen atoms in total. The van der Waals surface area contributed by atoms with Gasteiger partial charge in [-0.3, -0.25) is 4.79 Å². The molecule has 3 heterocycles. The van der Waals surface area contributed by atoms with Gasteiger partial charge in [0.05, 0.1) is 12.2 Å². The molecule has 2 aliphatic rings. The van der Waals surface area contributed by atoms with Crippen LogP contribution in [0, 0.1) is 0 Å². The second-order valence-electron chi connectivity index (χ2n) is 10.7. The molecule has 1 fully saturated rings. The molecule has 1 N–H and O–H groups in total. The summed E-state index contributed by atoms with van der Waals surface area (Å²) in [5, 5.41) is 12.6. The zero-order chi connectivity index (χ0) is 26.8. The van der Waals surface area contributed by atoms with Gasteiger partial charge in [0.1, 0.15) is 17.4 Å². The molecule has 0 unspecified atom stereocenters. The lowest BCUT2D eigenvalue weighted by Gasteiger charge is -2.41. The number of carbonyl (C=O) groups excluding carboxylic acids is 1. The van der Waals surface area contributed by atoms with Crippen LogP contribution < -0.4 is 9.80 Å². The Morgan fingerprint density at radius 2 is 1.97 bits per heavy atom. The number of benzene rings is 2. The van der Waals surface area contributed by atoms with Gasteiger partial charge in [0.15, 0.2) is 0 Å². The first-order valence-corrected chi connectivity index (χ1v) is 13.5. The Morgan fingerprint density at radius 1 is 1.16 bits per heavy atom. The summed E-state index contributed by atoms with van der Waals surface area (Å²) in [7, 11) is 4.17. The van der Waals surface area contributed by atoms with Gasteiger partial charge >= 0.3 is 0 Å². The van der Waals surface area contributed by atoms with Crippen molar-refractivity contribution in [3.05, 3.63) is 66.1 Å². The fraction of sp³-hybridized carbons (Fsp3) is 0.433. The summed E-state index contributed by atoms with van der Waals surface area (Å²) in [6.45, 7) is 10.4. The molecule has 1 aromatic heterocycles. The number of aryl methyl sites for hydroxylation is 1. The van der Waals surface area contributed by atoms with Crippen LogP contribution in [-0.4, -0.2) is 83.6 Å². The summed E-state index contributed by atoms with van der Waals surface area (Å²) in [4.78, 5) is 31.2. The number of rotatable bonds is 7. The van der Waals surface area contributed by atoms with Gasteiger partial charge in [-0.05, 0) is 57.9 Å². The van der Waals surface area contributed by atoms with Gasteiger partial charge in [-0.1, -0.05) is 30.8 Å². The first kappa shape index (κ1) is 26.0. The van der Waals surface area contributed by atoms with Gasteiger partial charge in [-0.15, -0.1) is 0 Å². The van der Waals surface area contributed by atoms with Crippen molar-refractivity contribution in [1.82, 2.24) is 19.8 Å². The molecule has 0 saturated carbocycles. The van der Waals surface area contributed by atoms with E-state index in [4.69, 9.17) is 9.97 Å². The van der Waals surface area contributed by atoms with Crippen LogP contribution in [0.5, 0.6) is 5.75 Å². The van der Waals surface area contributed by atoms with E-state index in [-0.39, 0.29) is 17.7 Å². The summed E-state index contributed by atoms with van der Waals surface area (Å²) in [5.41, 5.74) is 3.30. The van der Waals surface area contributed by atoms with Crippen molar-refractivity contribution < 1.29 is 9.90 Å². The van der Waals surface area contributed by atoms with Gasteiger partial charge in [0.25, 0.3) is 0 Å². The average molecular weight is 515 g/mol. The Morgan fingerprint density at radius 3 is 2.74 bits per heavy atom. The van der Waals surface area contributed by atoms with Gasteiger partial charge in [-0.2, -0.15) is 0 Å². The normalized spacial score (nSPS) is 17.7. The lowest BCUT2D eigenvalue weighted by molar-refractivity contribution is -0.128. The maximum absolute atomic E-state index is 12.3. The standard InChI is InChI=1S/C30H38N6O2/c1-5-29(38)36-16-15-35(19-21(36)2)30-25-12-14-34(20-26(25)31-28(32-30)11-8-13-33(3)4)27-18-23(37)17-22-9-6-7-10-24(22)27/h5-7,9-10,17-18,21,37H,1,8,11-16,19-20H2,2-4H3/t21-/m0/s1. The topological polar surface area (TPSA) is 76.0 Å². The number of nitrogens with zero attached hydrogens (tertiary/aromatic N) is 6. The Labute approximate surface area is 225 Å². The largest absolute Gasteiger partial charge is 0.508 e. The molecule has 1 saturated heterocycles. The Balaban J connectivity index is 1.48. The minimum absolute atomic E-state index is 0.0137. The third kappa shape index (κ3) is 5.31. The van der Waals surface area contributed by atoms with Crippen molar-refractivity contribution in [2.45, 2.75) is 38.8 Å². The van der Waals surface area contributed by atoms with Crippen molar-refractivity contribution >= 4 is 28.2 Å². The highest BCUT2D eigenvalue weighted by molar-refractivity contribution is 5.95. The second kappa shape index (κ2) is 11.0. The SMILES string of the molecule is C=CC(=O)N1CCN(c2nc(CCCN(C)C)nc3c2CCN(c2cc(O)cc4ccccc24)C3)C[C@@H]1C. The molecule has 8 heteroatoms. The first-order valence-electron chi connectivity index (χ1n) is 13.5. The number of carbonyl (C=O) groups is 1. The van der Waals surface area contributed by atoms with E-state index in [1.807, 2.05) is 35.2 Å². The van der Waals surface area contributed by atoms with Gasteiger partial charge in [-0.25, -0.2) is 9.97 Å². The smallest absolute Gasteiger partial charge is 0.246 e. The molecule has 38 heavy (non-hydrogen) atoms. The molecule has 1 atom stereocenters. The lowest BCUT2D eigenvalue weighted by atomic mass is 10.0. The van der Waals surface area contributed by atoms with Crippen molar-refractivity contribution in [2.75, 3.05) is 56.6 Å². The third-order valence-corrected chi connectivity index (χ3v) is 7.65. The number of amides is 1. The highest BCUT2D eigenvalue weighted by atomic mass is 16.3. The molecule has 1 amide bonds. The van der Waals surface area contributed by atoms with E-state index in [1.165, 1.54) is 11.6 Å². The number of aromatic hydroxyl groups is 1. The summed E-state index contributed by atoms with van der Waals surface area (Å²) >= 11 is 0. The predicted molar refractivity (Wildman–Crippen MR) is 153 cm³/mol. The summed E-state index contributed by atoms with van der Waals surface area (Å²) in [5.74, 6) is 2.16. The maximum atomic E-state index is 12.3. The van der Waals surface area contributed by atoms with Crippen LogP contribution in [0.2, 0.25) is 0 Å². The van der Waals surface area contributed by atoms with Crippen LogP contribution in [0.1, 0.15) is 30.4 Å². The molecule has 0 radical (unpaired) electrons. The minimum atomic E-state index is -0.0137. The lowest BCUT2D eigenvalue weighted by Crippen LogP contribution is -2.54. The minimum Gasteiger partial charge on any atom is -0.508 e. The van der Waals surface area contributed by atoms with Gasteiger partial charge in [0, 0.05) is 61.3 Å². The molecule has 0 aliphatic carbocycles. The second-order valence-corrected chi connectivity index (χ2v) is 10.7. The highest BCUT2D eigenvalue weighted by Crippen LogP contribution is 2.36. The number of hydrogen-bond donors (Lipinski definition) is 1. The van der Waals surface area contributed by atoms with E-state index in [9.17, 15) is 9.90 Å². The molecule has 0 spiro atoms. The number of anilines is 2. The van der Waals surface area contributed by atoms with E-state index in [0.717, 1.165) is 79.2 Å². The maximum Gasteiger partial charge on any atom is 0.246 e. The van der Waals surface area contributed by atoms with E-state index < -0.39 is 0 Å². The Hall–Kier alpha value is -3.65. The average Bonchev–Trinajstić information content (AvgIpc) is 2.91. The van der Waals surface area contributed by atoms with E-state index >= 15 is 0 Å². The summed E-state index contributed by atoms with van der Waals surface area (Å²) in [6.07, 6.45) is 4.04. The van der Waals surface area contributed by atoms with Crippen molar-refractivity contribution in [3.63, 3.8) is 0 Å². The molecule has 5 rings (SSSR count). The number of hydrogen-bond acceptors (Lipinski definition) is 7. The number of aromatic nitrogens is 2. The van der Waals surface area contributed by atoms with Crippen LogP contribution in [0.4, 0.5) is 11.5 Å². The molecular formula is C30H38N6O2. The van der Waals surface area contributed by atoms with E-state index in [2.05, 4.69) is 48.4 Å².